The minimum Gasteiger partial charge on any atom is -0.454 e. The summed E-state index contributed by atoms with van der Waals surface area (Å²) in [6.07, 6.45) is -0.141. The van der Waals surface area contributed by atoms with Crippen LogP contribution in [-0.2, 0) is 27.4 Å². The van der Waals surface area contributed by atoms with E-state index in [1.807, 2.05) is 24.3 Å². The lowest BCUT2D eigenvalue weighted by Crippen LogP contribution is -2.35. The molecule has 3 heterocycles. The molecule has 3 aliphatic rings. The number of ether oxygens (including phenoxy) is 3. The number of imide groups is 1. The Balaban J connectivity index is 1.13. The Hall–Kier alpha value is -3.63. The van der Waals surface area contributed by atoms with E-state index in [1.165, 1.54) is 0 Å². The van der Waals surface area contributed by atoms with Crippen molar-refractivity contribution in [2.75, 3.05) is 38.4 Å². The molecule has 0 unspecified atom stereocenters. The van der Waals surface area contributed by atoms with Crippen molar-refractivity contribution >= 4 is 23.5 Å². The first kappa shape index (κ1) is 22.2. The van der Waals surface area contributed by atoms with Crippen LogP contribution in [0.1, 0.15) is 17.5 Å². The van der Waals surface area contributed by atoms with E-state index in [9.17, 15) is 14.4 Å². The Kier molecular flexibility index (Phi) is 6.33. The molecule has 2 N–H and O–H groups in total. The Bertz CT molecular complexity index is 1080. The predicted octanol–water partition coefficient (Wildman–Crippen LogP) is 1.70. The summed E-state index contributed by atoms with van der Waals surface area (Å²) < 4.78 is 16.0. The highest BCUT2D eigenvalue weighted by Gasteiger charge is 2.39. The van der Waals surface area contributed by atoms with Crippen molar-refractivity contribution in [3.05, 3.63) is 53.6 Å². The van der Waals surface area contributed by atoms with E-state index in [4.69, 9.17) is 14.2 Å². The van der Waals surface area contributed by atoms with Gasteiger partial charge in [0.15, 0.2) is 11.5 Å². The molecule has 0 bridgehead atoms. The fourth-order valence-electron chi connectivity index (χ4n) is 4.20. The van der Waals surface area contributed by atoms with Gasteiger partial charge in [-0.25, -0.2) is 4.79 Å². The van der Waals surface area contributed by atoms with E-state index in [2.05, 4.69) is 15.5 Å². The maximum atomic E-state index is 12.8. The molecule has 0 aliphatic carbocycles. The van der Waals surface area contributed by atoms with Gasteiger partial charge in [0, 0.05) is 25.3 Å². The number of hydrogen-bond donors (Lipinski definition) is 2. The van der Waals surface area contributed by atoms with Gasteiger partial charge >= 0.3 is 6.03 Å². The lowest BCUT2D eigenvalue weighted by molar-refractivity contribution is -0.130. The van der Waals surface area contributed by atoms with Crippen LogP contribution in [0.4, 0.5) is 10.5 Å². The zero-order valence-electron chi connectivity index (χ0n) is 18.6. The van der Waals surface area contributed by atoms with Crippen molar-refractivity contribution < 1.29 is 28.6 Å². The van der Waals surface area contributed by atoms with Gasteiger partial charge < -0.3 is 24.8 Å². The smallest absolute Gasteiger partial charge is 0.325 e. The van der Waals surface area contributed by atoms with Gasteiger partial charge in [0.2, 0.25) is 12.7 Å². The molecule has 34 heavy (non-hydrogen) atoms. The molecule has 10 heteroatoms. The Morgan fingerprint density at radius 2 is 1.71 bits per heavy atom. The number of urea groups is 1. The fourth-order valence-corrected chi connectivity index (χ4v) is 4.20. The highest BCUT2D eigenvalue weighted by Crippen LogP contribution is 2.33. The molecule has 178 valence electrons. The van der Waals surface area contributed by atoms with Crippen LogP contribution in [0.15, 0.2) is 42.5 Å². The first-order valence-electron chi connectivity index (χ1n) is 11.2. The first-order valence-corrected chi connectivity index (χ1v) is 11.2. The van der Waals surface area contributed by atoms with Gasteiger partial charge in [-0.15, -0.1) is 0 Å². The Morgan fingerprint density at radius 3 is 2.50 bits per heavy atom. The van der Waals surface area contributed by atoms with Crippen LogP contribution in [0.25, 0.3) is 0 Å². The van der Waals surface area contributed by atoms with Crippen LogP contribution in [0.5, 0.6) is 11.5 Å². The summed E-state index contributed by atoms with van der Waals surface area (Å²) in [6.45, 7) is 4.38. The van der Waals surface area contributed by atoms with Crippen LogP contribution in [0.3, 0.4) is 0 Å². The maximum Gasteiger partial charge on any atom is 0.325 e. The molecule has 2 saturated heterocycles. The fraction of sp³-hybridized carbons (Fsp3) is 0.375. The molecule has 0 radical (unpaired) electrons. The van der Waals surface area contributed by atoms with Crippen LogP contribution >= 0.6 is 0 Å². The molecule has 1 atom stereocenters. The predicted molar refractivity (Wildman–Crippen MR) is 121 cm³/mol. The molecule has 5 rings (SSSR count). The van der Waals surface area contributed by atoms with Crippen molar-refractivity contribution in [3.63, 3.8) is 0 Å². The van der Waals surface area contributed by atoms with E-state index in [0.29, 0.717) is 17.2 Å². The SMILES string of the molecule is O=C(C[C@@H]1NC(=O)N(Cc2ccc3c(c2)OCO3)C1=O)Nc1ccc(CN2CCOCC2)cc1. The molecule has 4 amide bonds. The second kappa shape index (κ2) is 9.70. The van der Waals surface area contributed by atoms with Crippen LogP contribution in [-0.4, -0.2) is 66.8 Å². The van der Waals surface area contributed by atoms with Crippen LogP contribution in [0.2, 0.25) is 0 Å². The number of nitrogens with one attached hydrogen (secondary N) is 2. The lowest BCUT2D eigenvalue weighted by Gasteiger charge is -2.26. The van der Waals surface area contributed by atoms with Crippen molar-refractivity contribution in [1.82, 2.24) is 15.1 Å². The molecule has 3 aliphatic heterocycles. The Labute approximate surface area is 196 Å². The van der Waals surface area contributed by atoms with Crippen molar-refractivity contribution in [2.45, 2.75) is 25.6 Å². The number of amides is 4. The highest BCUT2D eigenvalue weighted by atomic mass is 16.7. The molecule has 0 spiro atoms. The zero-order valence-corrected chi connectivity index (χ0v) is 18.6. The van der Waals surface area contributed by atoms with E-state index in [-0.39, 0.29) is 25.7 Å². The second-order valence-corrected chi connectivity index (χ2v) is 8.45. The zero-order chi connectivity index (χ0) is 23.5. The quantitative estimate of drug-likeness (QED) is 0.598. The summed E-state index contributed by atoms with van der Waals surface area (Å²) in [7, 11) is 0. The first-order chi connectivity index (χ1) is 16.5. The van der Waals surface area contributed by atoms with Crippen LogP contribution in [0, 0.1) is 0 Å². The number of benzene rings is 2. The lowest BCUT2D eigenvalue weighted by atomic mass is 10.1. The van der Waals surface area contributed by atoms with Crippen molar-refractivity contribution in [1.29, 1.82) is 0 Å². The summed E-state index contributed by atoms with van der Waals surface area (Å²) in [6, 6.07) is 11.5. The molecular weight excluding hydrogens is 440 g/mol. The minimum absolute atomic E-state index is 0.0873. The molecular formula is C24H26N4O6. The minimum atomic E-state index is -0.901. The summed E-state index contributed by atoms with van der Waals surface area (Å²) >= 11 is 0. The van der Waals surface area contributed by atoms with E-state index < -0.39 is 18.0 Å². The van der Waals surface area contributed by atoms with Gasteiger partial charge in [-0.2, -0.15) is 0 Å². The maximum absolute atomic E-state index is 12.8. The van der Waals surface area contributed by atoms with Gasteiger partial charge in [-0.05, 0) is 35.4 Å². The third-order valence-corrected chi connectivity index (χ3v) is 6.02. The largest absolute Gasteiger partial charge is 0.454 e. The summed E-state index contributed by atoms with van der Waals surface area (Å²) in [4.78, 5) is 41.1. The number of fused-ring (bicyclic) bond motifs is 1. The summed E-state index contributed by atoms with van der Waals surface area (Å²) in [5.74, 6) is 0.434. The average Bonchev–Trinajstić information content (AvgIpc) is 3.41. The third kappa shape index (κ3) is 4.97. The molecule has 0 aromatic heterocycles. The van der Waals surface area contributed by atoms with E-state index >= 15 is 0 Å². The molecule has 2 fully saturated rings. The molecule has 10 nitrogen and oxygen atoms in total. The van der Waals surface area contributed by atoms with Gasteiger partial charge in [0.25, 0.3) is 5.91 Å². The van der Waals surface area contributed by atoms with Gasteiger partial charge in [0.05, 0.1) is 26.2 Å². The van der Waals surface area contributed by atoms with Crippen LogP contribution < -0.4 is 20.1 Å². The van der Waals surface area contributed by atoms with Gasteiger partial charge in [-0.3, -0.25) is 19.4 Å². The van der Waals surface area contributed by atoms with Gasteiger partial charge in [-0.1, -0.05) is 18.2 Å². The molecule has 2 aromatic carbocycles. The molecule has 2 aromatic rings. The second-order valence-electron chi connectivity index (χ2n) is 8.45. The van der Waals surface area contributed by atoms with Crippen molar-refractivity contribution in [2.24, 2.45) is 0 Å². The van der Waals surface area contributed by atoms with Crippen molar-refractivity contribution in [3.8, 4) is 11.5 Å². The monoisotopic (exact) mass is 466 g/mol. The number of rotatable bonds is 7. The number of anilines is 1. The third-order valence-electron chi connectivity index (χ3n) is 6.02. The number of carbonyl (C=O) groups is 3. The Morgan fingerprint density at radius 1 is 0.971 bits per heavy atom. The normalized spacial score (nSPS) is 19.9. The number of hydrogen-bond acceptors (Lipinski definition) is 7. The number of nitrogens with zero attached hydrogens (tertiary/aromatic N) is 2. The number of morpholine rings is 1. The summed E-state index contributed by atoms with van der Waals surface area (Å²) in [5, 5.41) is 5.41. The average molecular weight is 466 g/mol. The van der Waals surface area contributed by atoms with E-state index in [0.717, 1.165) is 48.9 Å². The number of carbonyl (C=O) groups excluding carboxylic acids is 3. The standard InChI is InChI=1S/C24H26N4O6/c29-22(25-18-4-1-16(2-5-18)13-27-7-9-32-10-8-27)12-19-23(30)28(24(31)26-19)14-17-3-6-20-21(11-17)34-15-33-20/h1-6,11,19H,7-10,12-15H2,(H,25,29)(H,26,31)/t19-/m0/s1. The van der Waals surface area contributed by atoms with E-state index in [1.54, 1.807) is 18.2 Å². The topological polar surface area (TPSA) is 109 Å². The highest BCUT2D eigenvalue weighted by molar-refractivity contribution is 6.06. The molecule has 0 saturated carbocycles. The van der Waals surface area contributed by atoms with Gasteiger partial charge in [0.1, 0.15) is 6.04 Å². The summed E-state index contributed by atoms with van der Waals surface area (Å²) in [5.41, 5.74) is 2.53.